The third-order valence-corrected chi connectivity index (χ3v) is 4.32. The molecule has 1 saturated carbocycles. The number of aryl methyl sites for hydroxylation is 1. The van der Waals surface area contributed by atoms with E-state index < -0.39 is 11.1 Å². The van der Waals surface area contributed by atoms with Gasteiger partial charge >= 0.3 is 0 Å². The molecule has 0 unspecified atom stereocenters. The zero-order valence-corrected chi connectivity index (χ0v) is 12.6. The maximum Gasteiger partial charge on any atom is 0.294 e. The molecule has 0 aromatic carbocycles. The van der Waals surface area contributed by atoms with Gasteiger partial charge in [-0.2, -0.15) is 9.94 Å². The van der Waals surface area contributed by atoms with Crippen molar-refractivity contribution in [1.82, 2.24) is 20.2 Å². The minimum atomic E-state index is -0.834. The summed E-state index contributed by atoms with van der Waals surface area (Å²) in [6.45, 7) is 3.23. The molecule has 21 heavy (non-hydrogen) atoms. The maximum absolute atomic E-state index is 11.9. The molecule has 0 radical (unpaired) electrons. The molecule has 1 amide bonds. The Labute approximate surface area is 125 Å². The van der Waals surface area contributed by atoms with Crippen LogP contribution in [0.1, 0.15) is 25.5 Å². The molecular weight excluding hydrogens is 292 g/mol. The summed E-state index contributed by atoms with van der Waals surface area (Å²) in [4.78, 5) is 23.5. The number of thioether (sulfide) groups is 1. The number of nitrogens with zero attached hydrogens (tertiary/aromatic N) is 4. The molecular formula is C12H16N6O2S. The van der Waals surface area contributed by atoms with Gasteiger partial charge in [-0.3, -0.25) is 9.59 Å². The van der Waals surface area contributed by atoms with E-state index >= 15 is 0 Å². The average molecular weight is 308 g/mol. The molecule has 1 aromatic rings. The number of carbonyl (C=O) groups is 1. The summed E-state index contributed by atoms with van der Waals surface area (Å²) in [7, 11) is 0. The van der Waals surface area contributed by atoms with Crippen LogP contribution in [0.3, 0.4) is 0 Å². The van der Waals surface area contributed by atoms with Gasteiger partial charge in [0.1, 0.15) is 11.2 Å². The Bertz CT molecular complexity index is 663. The summed E-state index contributed by atoms with van der Waals surface area (Å²) >= 11 is 1.00. The van der Waals surface area contributed by atoms with Crippen LogP contribution in [0, 0.1) is 24.2 Å². The van der Waals surface area contributed by atoms with Crippen molar-refractivity contribution in [3.63, 3.8) is 0 Å². The predicted octanol–water partition coefficient (Wildman–Crippen LogP) is -0.439. The van der Waals surface area contributed by atoms with Crippen molar-refractivity contribution in [3.05, 3.63) is 16.0 Å². The third-order valence-electron chi connectivity index (χ3n) is 3.38. The van der Waals surface area contributed by atoms with Crippen molar-refractivity contribution >= 4 is 17.7 Å². The van der Waals surface area contributed by atoms with Crippen LogP contribution in [0.5, 0.6) is 0 Å². The molecule has 0 saturated heterocycles. The molecule has 1 heterocycles. The largest absolute Gasteiger partial charge is 0.337 e. The van der Waals surface area contributed by atoms with Crippen molar-refractivity contribution in [1.29, 1.82) is 5.26 Å². The Balaban J connectivity index is 1.97. The summed E-state index contributed by atoms with van der Waals surface area (Å²) in [5.74, 6) is 5.50. The molecule has 1 atom stereocenters. The Hall–Kier alpha value is -2.08. The molecule has 2 rings (SSSR count). The number of carbonyl (C=O) groups excluding carboxylic acids is 1. The molecule has 1 aliphatic carbocycles. The van der Waals surface area contributed by atoms with Crippen LogP contribution in [0.15, 0.2) is 9.95 Å². The van der Waals surface area contributed by atoms with Gasteiger partial charge in [0.2, 0.25) is 11.1 Å². The number of hydrogen-bond donors (Lipinski definition) is 2. The smallest absolute Gasteiger partial charge is 0.294 e. The second kappa shape index (κ2) is 5.73. The topological polar surface area (TPSA) is 127 Å². The van der Waals surface area contributed by atoms with Crippen molar-refractivity contribution in [2.24, 2.45) is 5.92 Å². The van der Waals surface area contributed by atoms with E-state index in [1.165, 1.54) is 6.92 Å². The van der Waals surface area contributed by atoms with Gasteiger partial charge < -0.3 is 11.2 Å². The average Bonchev–Trinajstić information content (AvgIpc) is 3.29. The lowest BCUT2D eigenvalue weighted by Gasteiger charge is -2.22. The Morgan fingerprint density at radius 3 is 2.86 bits per heavy atom. The standard InChI is InChI=1S/C12H16N6O2S/c1-7-10(20)18(14)11(17-16-7)21-5-9(19)15-12(2,6-13)8-3-4-8/h8H,3-5,14H2,1-2H3,(H,15,19)/t12-/m1/s1. The Morgan fingerprint density at radius 2 is 2.29 bits per heavy atom. The summed E-state index contributed by atoms with van der Waals surface area (Å²) in [6, 6.07) is 2.15. The van der Waals surface area contributed by atoms with E-state index in [1.807, 2.05) is 0 Å². The quantitative estimate of drug-likeness (QED) is 0.557. The van der Waals surface area contributed by atoms with Crippen LogP contribution >= 0.6 is 11.8 Å². The fourth-order valence-electron chi connectivity index (χ4n) is 1.91. The first-order chi connectivity index (χ1) is 9.87. The van der Waals surface area contributed by atoms with E-state index in [9.17, 15) is 14.9 Å². The molecule has 112 valence electrons. The molecule has 1 fully saturated rings. The first-order valence-electron chi connectivity index (χ1n) is 6.44. The highest BCUT2D eigenvalue weighted by Crippen LogP contribution is 2.39. The van der Waals surface area contributed by atoms with Crippen molar-refractivity contribution < 1.29 is 4.79 Å². The molecule has 0 bridgehead atoms. The normalized spacial score (nSPS) is 16.8. The van der Waals surface area contributed by atoms with E-state index in [4.69, 9.17) is 5.84 Å². The summed E-state index contributed by atoms with van der Waals surface area (Å²) in [5.41, 5.74) is -1.09. The molecule has 0 aliphatic heterocycles. The fourth-order valence-corrected chi connectivity index (χ4v) is 2.56. The lowest BCUT2D eigenvalue weighted by atomic mass is 9.98. The van der Waals surface area contributed by atoms with E-state index in [2.05, 4.69) is 21.6 Å². The zero-order valence-electron chi connectivity index (χ0n) is 11.8. The zero-order chi connectivity index (χ0) is 15.6. The van der Waals surface area contributed by atoms with E-state index in [1.54, 1.807) is 6.92 Å². The number of nitrogens with one attached hydrogen (secondary N) is 1. The van der Waals surface area contributed by atoms with E-state index in [0.717, 1.165) is 29.3 Å². The number of nitriles is 1. The number of amides is 1. The lowest BCUT2D eigenvalue weighted by molar-refractivity contribution is -0.119. The molecule has 1 aliphatic rings. The maximum atomic E-state index is 11.9. The number of hydrogen-bond acceptors (Lipinski definition) is 7. The number of nitrogens with two attached hydrogens (primary N) is 1. The molecule has 9 heteroatoms. The highest BCUT2D eigenvalue weighted by Gasteiger charge is 2.42. The minimum absolute atomic E-state index is 0.0123. The third kappa shape index (κ3) is 3.33. The van der Waals surface area contributed by atoms with Gasteiger partial charge in [-0.25, -0.2) is 0 Å². The van der Waals surface area contributed by atoms with Gasteiger partial charge in [0.05, 0.1) is 11.8 Å². The van der Waals surface area contributed by atoms with Crippen LogP contribution in [-0.2, 0) is 4.79 Å². The highest BCUT2D eigenvalue weighted by molar-refractivity contribution is 7.99. The first-order valence-corrected chi connectivity index (χ1v) is 7.42. The van der Waals surface area contributed by atoms with E-state index in [0.29, 0.717) is 0 Å². The second-order valence-corrected chi connectivity index (χ2v) is 6.11. The van der Waals surface area contributed by atoms with Gasteiger partial charge in [-0.05, 0) is 32.6 Å². The molecule has 0 spiro atoms. The van der Waals surface area contributed by atoms with Gasteiger partial charge in [-0.15, -0.1) is 10.2 Å². The van der Waals surface area contributed by atoms with Crippen LogP contribution < -0.4 is 16.7 Å². The van der Waals surface area contributed by atoms with Crippen LogP contribution in [0.2, 0.25) is 0 Å². The number of rotatable bonds is 5. The second-order valence-electron chi connectivity index (χ2n) is 5.17. The number of aromatic nitrogens is 3. The minimum Gasteiger partial charge on any atom is -0.337 e. The lowest BCUT2D eigenvalue weighted by Crippen LogP contribution is -2.47. The van der Waals surface area contributed by atoms with Crippen molar-refractivity contribution in [2.75, 3.05) is 11.6 Å². The van der Waals surface area contributed by atoms with Gasteiger partial charge in [0, 0.05) is 0 Å². The molecule has 3 N–H and O–H groups in total. The highest BCUT2D eigenvalue weighted by atomic mass is 32.2. The summed E-state index contributed by atoms with van der Waals surface area (Å²) in [6.07, 6.45) is 1.90. The summed E-state index contributed by atoms with van der Waals surface area (Å²) < 4.78 is 0.866. The van der Waals surface area contributed by atoms with Crippen LogP contribution in [0.4, 0.5) is 0 Å². The molecule has 8 nitrogen and oxygen atoms in total. The predicted molar refractivity (Wildman–Crippen MR) is 76.8 cm³/mol. The SMILES string of the molecule is Cc1nnc(SCC(=O)N[C@](C)(C#N)C2CC2)n(N)c1=O. The van der Waals surface area contributed by atoms with Crippen molar-refractivity contribution in [2.45, 2.75) is 37.4 Å². The van der Waals surface area contributed by atoms with Gasteiger partial charge in [0.15, 0.2) is 0 Å². The van der Waals surface area contributed by atoms with Crippen molar-refractivity contribution in [3.8, 4) is 6.07 Å². The fraction of sp³-hybridized carbons (Fsp3) is 0.583. The molecule has 1 aromatic heterocycles. The summed E-state index contributed by atoms with van der Waals surface area (Å²) in [5, 5.41) is 19.5. The Kier molecular flexibility index (Phi) is 4.18. The van der Waals surface area contributed by atoms with Crippen LogP contribution in [0.25, 0.3) is 0 Å². The first kappa shape index (κ1) is 15.3. The monoisotopic (exact) mass is 308 g/mol. The van der Waals surface area contributed by atoms with Crippen LogP contribution in [-0.4, -0.2) is 32.1 Å². The Morgan fingerprint density at radius 1 is 1.62 bits per heavy atom. The van der Waals surface area contributed by atoms with Gasteiger partial charge in [-0.1, -0.05) is 11.8 Å². The van der Waals surface area contributed by atoms with E-state index in [-0.39, 0.29) is 28.4 Å². The van der Waals surface area contributed by atoms with Gasteiger partial charge in [0.25, 0.3) is 5.56 Å². The number of nitrogen functional groups attached to an aromatic ring is 1.